The van der Waals surface area contributed by atoms with Gasteiger partial charge < -0.3 is 24.0 Å². The van der Waals surface area contributed by atoms with Crippen molar-refractivity contribution in [2.24, 2.45) is 5.92 Å². The van der Waals surface area contributed by atoms with Crippen molar-refractivity contribution in [2.45, 2.75) is 25.9 Å². The summed E-state index contributed by atoms with van der Waals surface area (Å²) in [5, 5.41) is 0.921. The molecule has 3 aromatic carbocycles. The van der Waals surface area contributed by atoms with Crippen LogP contribution < -0.4 is 19.3 Å². The molecule has 2 aliphatic rings. The van der Waals surface area contributed by atoms with Crippen molar-refractivity contribution in [3.8, 4) is 11.5 Å². The van der Waals surface area contributed by atoms with Crippen molar-refractivity contribution < 1.29 is 23.8 Å². The fourth-order valence-corrected chi connectivity index (χ4v) is 6.15. The van der Waals surface area contributed by atoms with Gasteiger partial charge in [0.1, 0.15) is 12.1 Å². The summed E-state index contributed by atoms with van der Waals surface area (Å²) in [6.45, 7) is 3.14. The normalized spacial score (nSPS) is 15.4. The summed E-state index contributed by atoms with van der Waals surface area (Å²) in [6, 6.07) is 19.0. The fraction of sp³-hybridized carbons (Fsp3) is 0.333. The summed E-state index contributed by atoms with van der Waals surface area (Å²) >= 11 is 0. The molecule has 1 saturated heterocycles. The molecule has 0 N–H and O–H groups in total. The highest BCUT2D eigenvalue weighted by atomic mass is 16.5. The second-order valence-electron chi connectivity index (χ2n) is 10.9. The molecule has 222 valence electrons. The van der Waals surface area contributed by atoms with Crippen LogP contribution in [0, 0.1) is 5.92 Å². The number of urea groups is 1. The minimum atomic E-state index is -0.411. The monoisotopic (exact) mass is 581 g/mol. The van der Waals surface area contributed by atoms with E-state index in [9.17, 15) is 9.59 Å². The molecule has 3 heterocycles. The van der Waals surface area contributed by atoms with E-state index < -0.39 is 5.97 Å². The van der Waals surface area contributed by atoms with Crippen LogP contribution >= 0.6 is 0 Å². The molecule has 0 atom stereocenters. The highest BCUT2D eigenvalue weighted by Gasteiger charge is 2.33. The van der Waals surface area contributed by atoms with Gasteiger partial charge in [-0.25, -0.2) is 19.6 Å². The molecule has 6 rings (SSSR count). The van der Waals surface area contributed by atoms with Crippen molar-refractivity contribution in [1.29, 1.82) is 0 Å². The van der Waals surface area contributed by atoms with Crippen LogP contribution in [0.15, 0.2) is 67.0 Å². The van der Waals surface area contributed by atoms with E-state index in [-0.39, 0.29) is 12.6 Å². The lowest BCUT2D eigenvalue weighted by molar-refractivity contribution is 0.0599. The molecule has 0 aliphatic carbocycles. The van der Waals surface area contributed by atoms with Crippen LogP contribution in [-0.4, -0.2) is 67.8 Å². The van der Waals surface area contributed by atoms with Crippen molar-refractivity contribution in [2.75, 3.05) is 50.8 Å². The Morgan fingerprint density at radius 2 is 1.65 bits per heavy atom. The third kappa shape index (κ3) is 5.52. The topological polar surface area (TPSA) is 97.3 Å². The van der Waals surface area contributed by atoms with E-state index in [0.717, 1.165) is 59.5 Å². The lowest BCUT2D eigenvalue weighted by Crippen LogP contribution is -2.49. The number of amides is 2. The number of esters is 1. The standard InChI is InChI=1S/C33H35N5O5/c1-41-29-16-26-27(17-30(29)42-2)34-21-35-31(26)36-14-12-22(13-15-36)18-37-19-24-9-5-7-11-28(24)38(33(37)40)20-23-8-4-6-10-25(23)32(39)43-3/h4-11,16-17,21-22H,12-15,18-20H2,1-3H3. The van der Waals surface area contributed by atoms with E-state index in [0.29, 0.717) is 36.1 Å². The highest BCUT2D eigenvalue weighted by Crippen LogP contribution is 2.36. The Kier molecular flexibility index (Phi) is 8.00. The van der Waals surface area contributed by atoms with Crippen LogP contribution in [0.1, 0.15) is 34.3 Å². The number of benzene rings is 3. The number of para-hydroxylation sites is 1. The highest BCUT2D eigenvalue weighted by molar-refractivity contribution is 5.96. The van der Waals surface area contributed by atoms with E-state index in [1.165, 1.54) is 7.11 Å². The first kappa shape index (κ1) is 28.3. The Balaban J connectivity index is 1.18. The maximum Gasteiger partial charge on any atom is 0.338 e. The summed E-state index contributed by atoms with van der Waals surface area (Å²) in [6.07, 6.45) is 3.44. The SMILES string of the molecule is COC(=O)c1ccccc1CN1C(=O)N(CC2CCN(c3ncnc4cc(OC)c(OC)cc34)CC2)Cc2ccccc21. The molecule has 0 spiro atoms. The van der Waals surface area contributed by atoms with Gasteiger partial charge in [0.05, 0.1) is 44.6 Å². The minimum absolute atomic E-state index is 0.0522. The van der Waals surface area contributed by atoms with Gasteiger partial charge in [-0.05, 0) is 48.1 Å². The van der Waals surface area contributed by atoms with Gasteiger partial charge in [0.15, 0.2) is 11.5 Å². The van der Waals surface area contributed by atoms with Gasteiger partial charge in [-0.2, -0.15) is 0 Å². The third-order valence-corrected chi connectivity index (χ3v) is 8.41. The largest absolute Gasteiger partial charge is 0.493 e. The summed E-state index contributed by atoms with van der Waals surface area (Å²) in [7, 11) is 4.61. The average molecular weight is 582 g/mol. The smallest absolute Gasteiger partial charge is 0.338 e. The summed E-state index contributed by atoms with van der Waals surface area (Å²) < 4.78 is 16.0. The minimum Gasteiger partial charge on any atom is -0.493 e. The molecule has 2 amide bonds. The molecule has 43 heavy (non-hydrogen) atoms. The van der Waals surface area contributed by atoms with E-state index in [1.807, 2.05) is 47.4 Å². The zero-order valence-corrected chi connectivity index (χ0v) is 24.7. The fourth-order valence-electron chi connectivity index (χ4n) is 6.15. The summed E-state index contributed by atoms with van der Waals surface area (Å²) in [5.41, 5.74) is 3.98. The van der Waals surface area contributed by atoms with Crippen molar-refractivity contribution in [1.82, 2.24) is 14.9 Å². The van der Waals surface area contributed by atoms with Gasteiger partial charge in [-0.3, -0.25) is 4.90 Å². The average Bonchev–Trinajstić information content (AvgIpc) is 3.05. The molecule has 10 heteroatoms. The van der Waals surface area contributed by atoms with Gasteiger partial charge in [0.2, 0.25) is 0 Å². The zero-order valence-electron chi connectivity index (χ0n) is 24.7. The van der Waals surface area contributed by atoms with Gasteiger partial charge in [-0.15, -0.1) is 0 Å². The van der Waals surface area contributed by atoms with Gasteiger partial charge in [0.25, 0.3) is 0 Å². The number of carbonyl (C=O) groups excluding carboxylic acids is 2. The van der Waals surface area contributed by atoms with E-state index >= 15 is 0 Å². The van der Waals surface area contributed by atoms with E-state index in [4.69, 9.17) is 14.2 Å². The third-order valence-electron chi connectivity index (χ3n) is 8.41. The van der Waals surface area contributed by atoms with Crippen LogP contribution in [0.25, 0.3) is 10.9 Å². The van der Waals surface area contributed by atoms with Gasteiger partial charge >= 0.3 is 12.0 Å². The Morgan fingerprint density at radius 3 is 2.42 bits per heavy atom. The van der Waals surface area contributed by atoms with E-state index in [1.54, 1.807) is 37.6 Å². The number of fused-ring (bicyclic) bond motifs is 2. The number of piperidine rings is 1. The predicted molar refractivity (Wildman–Crippen MR) is 164 cm³/mol. The molecular formula is C33H35N5O5. The first-order chi connectivity index (χ1) is 21.0. The van der Waals surface area contributed by atoms with Gasteiger partial charge in [-0.1, -0.05) is 36.4 Å². The molecule has 0 unspecified atom stereocenters. The first-order valence-corrected chi connectivity index (χ1v) is 14.4. The predicted octanol–water partition coefficient (Wildman–Crippen LogP) is 5.29. The zero-order chi connectivity index (χ0) is 29.9. The number of ether oxygens (including phenoxy) is 3. The first-order valence-electron chi connectivity index (χ1n) is 14.4. The van der Waals surface area contributed by atoms with E-state index in [2.05, 4.69) is 20.9 Å². The molecule has 1 aromatic heterocycles. The van der Waals surface area contributed by atoms with Crippen LogP contribution in [0.5, 0.6) is 11.5 Å². The summed E-state index contributed by atoms with van der Waals surface area (Å²) in [4.78, 5) is 41.5. The second kappa shape index (κ2) is 12.2. The Morgan fingerprint density at radius 1 is 0.930 bits per heavy atom. The maximum atomic E-state index is 13.9. The number of methoxy groups -OCH3 is 3. The van der Waals surface area contributed by atoms with Crippen LogP contribution in [0.4, 0.5) is 16.3 Å². The second-order valence-corrected chi connectivity index (χ2v) is 10.9. The number of nitrogens with zero attached hydrogens (tertiary/aromatic N) is 5. The van der Waals surface area contributed by atoms with Crippen LogP contribution in [0.2, 0.25) is 0 Å². The maximum absolute atomic E-state index is 13.9. The van der Waals surface area contributed by atoms with Gasteiger partial charge in [0, 0.05) is 37.6 Å². The lowest BCUT2D eigenvalue weighted by Gasteiger charge is -2.40. The molecule has 10 nitrogen and oxygen atoms in total. The molecule has 1 fully saturated rings. The molecule has 0 saturated carbocycles. The Bertz CT molecular complexity index is 1650. The Hall–Kier alpha value is -4.86. The van der Waals surface area contributed by atoms with Crippen LogP contribution in [0.3, 0.4) is 0 Å². The summed E-state index contributed by atoms with van der Waals surface area (Å²) in [5.74, 6) is 2.09. The lowest BCUT2D eigenvalue weighted by atomic mass is 9.95. The molecule has 4 aromatic rings. The number of anilines is 2. The Labute approximate surface area is 250 Å². The van der Waals surface area contributed by atoms with Crippen molar-refractivity contribution in [3.63, 3.8) is 0 Å². The van der Waals surface area contributed by atoms with Crippen molar-refractivity contribution >= 4 is 34.4 Å². The molecule has 0 bridgehead atoms. The van der Waals surface area contributed by atoms with Crippen molar-refractivity contribution in [3.05, 3.63) is 83.7 Å². The quantitative estimate of drug-likeness (QED) is 0.259. The molecular weight excluding hydrogens is 546 g/mol. The van der Waals surface area contributed by atoms with Crippen LogP contribution in [-0.2, 0) is 17.8 Å². The molecule has 0 radical (unpaired) electrons. The number of hydrogen-bond acceptors (Lipinski definition) is 8. The number of carbonyl (C=O) groups is 2. The number of rotatable bonds is 8. The number of hydrogen-bond donors (Lipinski definition) is 0. The number of aromatic nitrogens is 2. The molecule has 2 aliphatic heterocycles.